The van der Waals surface area contributed by atoms with Crippen molar-refractivity contribution in [2.24, 2.45) is 5.73 Å². The summed E-state index contributed by atoms with van der Waals surface area (Å²) in [6.45, 7) is 0.730. The Kier molecular flexibility index (Phi) is 7.65. The van der Waals surface area contributed by atoms with Crippen molar-refractivity contribution in [1.29, 1.82) is 0 Å². The molecule has 0 spiro atoms. The second-order valence-electron chi connectivity index (χ2n) is 9.29. The SMILES string of the molecule is NC(=O)C1CN(c2ncc(C(=O)COC3CCCCO3)cn2)CCN1S(=O)(=O)c1ccc2ccccc2c1. The Balaban J connectivity index is 1.27. The van der Waals surface area contributed by atoms with E-state index < -0.39 is 22.0 Å². The number of ketones is 1. The summed E-state index contributed by atoms with van der Waals surface area (Å²) in [5.41, 5.74) is 5.93. The molecule has 2 N–H and O–H groups in total. The van der Waals surface area contributed by atoms with Crippen molar-refractivity contribution in [3.8, 4) is 0 Å². The molecule has 200 valence electrons. The normalized spacial score (nSPS) is 20.9. The molecule has 0 radical (unpaired) electrons. The monoisotopic (exact) mass is 539 g/mol. The van der Waals surface area contributed by atoms with Crippen molar-refractivity contribution < 1.29 is 27.5 Å². The molecular formula is C26H29N5O6S. The maximum Gasteiger partial charge on any atom is 0.243 e. The third kappa shape index (κ3) is 5.53. The molecule has 2 unspecified atom stereocenters. The molecular weight excluding hydrogens is 510 g/mol. The average Bonchev–Trinajstić information content (AvgIpc) is 2.96. The minimum atomic E-state index is -3.99. The van der Waals surface area contributed by atoms with Crippen molar-refractivity contribution in [1.82, 2.24) is 14.3 Å². The summed E-state index contributed by atoms with van der Waals surface area (Å²) < 4.78 is 39.1. The number of carbonyl (C=O) groups excluding carboxylic acids is 2. The van der Waals surface area contributed by atoms with Crippen LogP contribution in [0.15, 0.2) is 59.8 Å². The van der Waals surface area contributed by atoms with Crippen molar-refractivity contribution in [2.45, 2.75) is 36.5 Å². The molecule has 2 aromatic carbocycles. The lowest BCUT2D eigenvalue weighted by atomic mass is 10.1. The van der Waals surface area contributed by atoms with Gasteiger partial charge in [-0.25, -0.2) is 18.4 Å². The molecule has 2 saturated heterocycles. The van der Waals surface area contributed by atoms with Crippen LogP contribution in [-0.2, 0) is 24.3 Å². The molecule has 2 aliphatic heterocycles. The fourth-order valence-electron chi connectivity index (χ4n) is 4.65. The van der Waals surface area contributed by atoms with Gasteiger partial charge in [-0.2, -0.15) is 4.31 Å². The van der Waals surface area contributed by atoms with Gasteiger partial charge in [-0.15, -0.1) is 0 Å². The lowest BCUT2D eigenvalue weighted by molar-refractivity contribution is -0.155. The zero-order chi connectivity index (χ0) is 26.7. The third-order valence-corrected chi connectivity index (χ3v) is 8.67. The number of nitrogens with two attached hydrogens (primary N) is 1. The van der Waals surface area contributed by atoms with E-state index in [-0.39, 0.29) is 54.7 Å². The summed E-state index contributed by atoms with van der Waals surface area (Å²) in [6.07, 6.45) is 5.16. The van der Waals surface area contributed by atoms with Crippen LogP contribution < -0.4 is 10.6 Å². The average molecular weight is 540 g/mol. The van der Waals surface area contributed by atoms with Crippen LogP contribution in [0, 0.1) is 0 Å². The van der Waals surface area contributed by atoms with Gasteiger partial charge >= 0.3 is 0 Å². The lowest BCUT2D eigenvalue weighted by Crippen LogP contribution is -2.60. The number of nitrogens with zero attached hydrogens (tertiary/aromatic N) is 4. The molecule has 0 saturated carbocycles. The Hall–Kier alpha value is -3.45. The van der Waals surface area contributed by atoms with Crippen LogP contribution in [0.1, 0.15) is 29.6 Å². The van der Waals surface area contributed by atoms with Gasteiger partial charge in [0.25, 0.3) is 0 Å². The van der Waals surface area contributed by atoms with Crippen molar-refractivity contribution in [2.75, 3.05) is 37.7 Å². The molecule has 0 bridgehead atoms. The van der Waals surface area contributed by atoms with Gasteiger partial charge < -0.3 is 20.1 Å². The number of anilines is 1. The van der Waals surface area contributed by atoms with E-state index in [0.29, 0.717) is 6.61 Å². The standard InChI is InChI=1S/C26H29N5O6S/c27-25(33)22-16-30(26-28-14-20(15-29-26)23(32)17-37-24-7-3-4-12-36-24)10-11-31(22)38(34,35)21-9-8-18-5-1-2-6-19(18)13-21/h1-2,5-6,8-9,13-15,22,24H,3-4,7,10-12,16-17H2,(H2,27,33). The number of hydrogen-bond acceptors (Lipinski definition) is 9. The highest BCUT2D eigenvalue weighted by atomic mass is 32.2. The molecule has 11 nitrogen and oxygen atoms in total. The molecule has 5 rings (SSSR count). The summed E-state index contributed by atoms with van der Waals surface area (Å²) in [5.74, 6) is -0.771. The number of amides is 1. The zero-order valence-corrected chi connectivity index (χ0v) is 21.5. The Morgan fingerprint density at radius 3 is 2.53 bits per heavy atom. The van der Waals surface area contributed by atoms with Gasteiger partial charge in [-0.05, 0) is 42.2 Å². The van der Waals surface area contributed by atoms with Crippen molar-refractivity contribution in [3.05, 3.63) is 60.4 Å². The third-order valence-electron chi connectivity index (χ3n) is 6.77. The number of ether oxygens (including phenoxy) is 2. The van der Waals surface area contributed by atoms with E-state index in [1.165, 1.54) is 18.5 Å². The predicted molar refractivity (Wildman–Crippen MR) is 139 cm³/mol. The molecule has 3 aromatic rings. The maximum absolute atomic E-state index is 13.5. The molecule has 12 heteroatoms. The first-order valence-electron chi connectivity index (χ1n) is 12.5. The Labute approximate surface area is 220 Å². The van der Waals surface area contributed by atoms with Gasteiger partial charge in [0.2, 0.25) is 21.9 Å². The molecule has 1 aromatic heterocycles. The summed E-state index contributed by atoms with van der Waals surface area (Å²) in [4.78, 5) is 35.2. The summed E-state index contributed by atoms with van der Waals surface area (Å²) >= 11 is 0. The summed E-state index contributed by atoms with van der Waals surface area (Å²) in [7, 11) is -3.99. The topological polar surface area (TPSA) is 145 Å². The van der Waals surface area contributed by atoms with E-state index in [1.54, 1.807) is 17.0 Å². The van der Waals surface area contributed by atoms with Crippen LogP contribution in [0.25, 0.3) is 10.8 Å². The molecule has 1 amide bonds. The Morgan fingerprint density at radius 2 is 1.82 bits per heavy atom. The first-order chi connectivity index (χ1) is 18.3. The fourth-order valence-corrected chi connectivity index (χ4v) is 6.27. The molecule has 38 heavy (non-hydrogen) atoms. The Bertz CT molecular complexity index is 1430. The first kappa shape index (κ1) is 26.2. The fraction of sp³-hybridized carbons (Fsp3) is 0.385. The maximum atomic E-state index is 13.5. The predicted octanol–water partition coefficient (Wildman–Crippen LogP) is 1.72. The molecule has 2 fully saturated rings. The second-order valence-corrected chi connectivity index (χ2v) is 11.2. The first-order valence-corrected chi connectivity index (χ1v) is 13.9. The number of Topliss-reactive ketones (excluding diaryl/α,β-unsaturated/α-hetero) is 1. The van der Waals surface area contributed by atoms with Crippen LogP contribution in [0.5, 0.6) is 0 Å². The molecule has 3 heterocycles. The van der Waals surface area contributed by atoms with Crippen LogP contribution in [0.3, 0.4) is 0 Å². The van der Waals surface area contributed by atoms with Crippen LogP contribution in [0.2, 0.25) is 0 Å². The zero-order valence-electron chi connectivity index (χ0n) is 20.7. The van der Waals surface area contributed by atoms with E-state index in [4.69, 9.17) is 15.2 Å². The highest BCUT2D eigenvalue weighted by molar-refractivity contribution is 7.89. The van der Waals surface area contributed by atoms with Crippen molar-refractivity contribution in [3.63, 3.8) is 0 Å². The van der Waals surface area contributed by atoms with E-state index >= 15 is 0 Å². The number of rotatable bonds is 8. The minimum absolute atomic E-state index is 0.0159. The number of fused-ring (bicyclic) bond motifs is 1. The molecule has 2 aliphatic rings. The molecule has 0 aliphatic carbocycles. The quantitative estimate of drug-likeness (QED) is 0.423. The van der Waals surface area contributed by atoms with Gasteiger partial charge in [-0.3, -0.25) is 9.59 Å². The number of primary amides is 1. The Morgan fingerprint density at radius 1 is 1.05 bits per heavy atom. The van der Waals surface area contributed by atoms with E-state index in [9.17, 15) is 18.0 Å². The largest absolute Gasteiger partial charge is 0.368 e. The minimum Gasteiger partial charge on any atom is -0.368 e. The number of piperazine rings is 1. The summed E-state index contributed by atoms with van der Waals surface area (Å²) in [6, 6.07) is 11.2. The van der Waals surface area contributed by atoms with Crippen LogP contribution >= 0.6 is 0 Å². The molecule has 2 atom stereocenters. The number of hydrogen-bond donors (Lipinski definition) is 1. The van der Waals surface area contributed by atoms with Gasteiger partial charge in [0.05, 0.1) is 10.5 Å². The number of benzene rings is 2. The number of carbonyl (C=O) groups is 2. The van der Waals surface area contributed by atoms with Crippen molar-refractivity contribution >= 4 is 38.4 Å². The van der Waals surface area contributed by atoms with Crippen LogP contribution in [0.4, 0.5) is 5.95 Å². The second kappa shape index (κ2) is 11.1. The smallest absolute Gasteiger partial charge is 0.243 e. The van der Waals surface area contributed by atoms with Gasteiger partial charge in [-0.1, -0.05) is 30.3 Å². The van der Waals surface area contributed by atoms with Gasteiger partial charge in [0, 0.05) is 38.6 Å². The number of aromatic nitrogens is 2. The van der Waals surface area contributed by atoms with Crippen LogP contribution in [-0.4, -0.2) is 79.6 Å². The van der Waals surface area contributed by atoms with E-state index in [0.717, 1.165) is 34.3 Å². The van der Waals surface area contributed by atoms with Gasteiger partial charge in [0.15, 0.2) is 12.1 Å². The summed E-state index contributed by atoms with van der Waals surface area (Å²) in [5, 5.41) is 1.69. The number of sulfonamides is 1. The highest BCUT2D eigenvalue weighted by Gasteiger charge is 2.40. The lowest BCUT2D eigenvalue weighted by Gasteiger charge is -2.38. The highest BCUT2D eigenvalue weighted by Crippen LogP contribution is 2.26. The van der Waals surface area contributed by atoms with Gasteiger partial charge in [0.1, 0.15) is 12.6 Å². The van der Waals surface area contributed by atoms with E-state index in [2.05, 4.69) is 9.97 Å². The van der Waals surface area contributed by atoms with E-state index in [1.807, 2.05) is 24.3 Å².